The molecule has 27 heavy (non-hydrogen) atoms. The second-order valence-corrected chi connectivity index (χ2v) is 7.31. The maximum Gasteiger partial charge on any atom is 0.261 e. The molecule has 0 aliphatic carbocycles. The first-order chi connectivity index (χ1) is 12.9. The minimum atomic E-state index is -0.339. The highest BCUT2D eigenvalue weighted by Gasteiger charge is 2.19. The highest BCUT2D eigenvalue weighted by molar-refractivity contribution is 7.71. The molecule has 10 heteroatoms. The number of aryl methyl sites for hydroxylation is 1. The number of nitrogens with zero attached hydrogens (tertiary/aromatic N) is 3. The SMILES string of the molecule is C=CCn1c(-c2sc(NC(=O)c3ccc(Cl)cc3OC)nc2C)n[nH]c1=S. The van der Waals surface area contributed by atoms with Crippen molar-refractivity contribution in [1.29, 1.82) is 0 Å². The van der Waals surface area contributed by atoms with Gasteiger partial charge in [-0.05, 0) is 37.3 Å². The molecule has 0 bridgehead atoms. The lowest BCUT2D eigenvalue weighted by Gasteiger charge is -2.08. The number of anilines is 1. The standard InChI is InChI=1S/C17H16ClN5O2S2/c1-4-7-23-14(21-22-17(23)26)13-9(2)19-16(27-13)20-15(24)11-6-5-10(18)8-12(11)25-3/h4-6,8H,1,7H2,2-3H3,(H,22,26)(H,19,20,24). The van der Waals surface area contributed by atoms with E-state index in [2.05, 4.69) is 27.1 Å². The average molecular weight is 422 g/mol. The van der Waals surface area contributed by atoms with Gasteiger partial charge < -0.3 is 4.74 Å². The Balaban J connectivity index is 1.91. The minimum Gasteiger partial charge on any atom is -0.496 e. The molecule has 0 atom stereocenters. The number of benzene rings is 1. The van der Waals surface area contributed by atoms with Crippen LogP contribution < -0.4 is 10.1 Å². The summed E-state index contributed by atoms with van der Waals surface area (Å²) in [5, 5.41) is 10.8. The Morgan fingerprint density at radius 1 is 1.56 bits per heavy atom. The van der Waals surface area contributed by atoms with Crippen LogP contribution in [0.4, 0.5) is 5.13 Å². The molecule has 2 N–H and O–H groups in total. The van der Waals surface area contributed by atoms with E-state index >= 15 is 0 Å². The summed E-state index contributed by atoms with van der Waals surface area (Å²) in [6, 6.07) is 4.82. The Kier molecular flexibility index (Phi) is 5.73. The number of allylic oxidation sites excluding steroid dienone is 1. The van der Waals surface area contributed by atoms with E-state index in [0.29, 0.717) is 38.6 Å². The number of carbonyl (C=O) groups excluding carboxylic acids is 1. The van der Waals surface area contributed by atoms with Crippen LogP contribution in [0.5, 0.6) is 5.75 Å². The monoisotopic (exact) mass is 421 g/mol. The van der Waals surface area contributed by atoms with Crippen molar-refractivity contribution >= 4 is 46.2 Å². The second-order valence-electron chi connectivity index (χ2n) is 5.48. The highest BCUT2D eigenvalue weighted by Crippen LogP contribution is 2.32. The number of amides is 1. The highest BCUT2D eigenvalue weighted by atomic mass is 35.5. The predicted molar refractivity (Wildman–Crippen MR) is 109 cm³/mol. The molecule has 7 nitrogen and oxygen atoms in total. The van der Waals surface area contributed by atoms with Gasteiger partial charge in [-0.15, -0.1) is 6.58 Å². The molecule has 3 aromatic rings. The number of aromatic amines is 1. The van der Waals surface area contributed by atoms with Crippen LogP contribution in [0.3, 0.4) is 0 Å². The number of thiazole rings is 1. The molecular weight excluding hydrogens is 406 g/mol. The van der Waals surface area contributed by atoms with Crippen LogP contribution in [0.15, 0.2) is 30.9 Å². The Labute approximate surface area is 169 Å². The number of H-pyrrole nitrogens is 1. The fraction of sp³-hybridized carbons (Fsp3) is 0.176. The van der Waals surface area contributed by atoms with Gasteiger partial charge in [0.1, 0.15) is 5.75 Å². The van der Waals surface area contributed by atoms with Crippen molar-refractivity contribution in [2.45, 2.75) is 13.5 Å². The predicted octanol–water partition coefficient (Wildman–Crippen LogP) is 4.47. The molecule has 0 spiro atoms. The molecule has 1 aromatic carbocycles. The number of hydrogen-bond acceptors (Lipinski definition) is 6. The van der Waals surface area contributed by atoms with Crippen molar-refractivity contribution < 1.29 is 9.53 Å². The number of ether oxygens (including phenoxy) is 1. The van der Waals surface area contributed by atoms with Gasteiger partial charge in [0.15, 0.2) is 15.7 Å². The summed E-state index contributed by atoms with van der Waals surface area (Å²) in [6.07, 6.45) is 1.74. The summed E-state index contributed by atoms with van der Waals surface area (Å²) in [4.78, 5) is 17.8. The number of carbonyl (C=O) groups is 1. The Morgan fingerprint density at radius 3 is 3.04 bits per heavy atom. The zero-order valence-electron chi connectivity index (χ0n) is 14.6. The zero-order chi connectivity index (χ0) is 19.6. The van der Waals surface area contributed by atoms with Gasteiger partial charge in [0.05, 0.1) is 23.2 Å². The summed E-state index contributed by atoms with van der Waals surface area (Å²) in [7, 11) is 1.48. The molecule has 0 saturated carbocycles. The molecule has 0 radical (unpaired) electrons. The quantitative estimate of drug-likeness (QED) is 0.453. The van der Waals surface area contributed by atoms with Crippen LogP contribution in [0.1, 0.15) is 16.1 Å². The first-order valence-corrected chi connectivity index (χ1v) is 9.43. The lowest BCUT2D eigenvalue weighted by Crippen LogP contribution is -2.13. The van der Waals surface area contributed by atoms with Crippen LogP contribution in [-0.2, 0) is 6.54 Å². The number of rotatable bonds is 6. The molecule has 0 aliphatic rings. The van der Waals surface area contributed by atoms with Gasteiger partial charge in [-0.1, -0.05) is 29.0 Å². The number of nitrogens with one attached hydrogen (secondary N) is 2. The van der Waals surface area contributed by atoms with E-state index in [-0.39, 0.29) is 5.91 Å². The fourth-order valence-corrected chi connectivity index (χ4v) is 3.79. The summed E-state index contributed by atoms with van der Waals surface area (Å²) in [6.45, 7) is 6.10. The first-order valence-electron chi connectivity index (χ1n) is 7.83. The zero-order valence-corrected chi connectivity index (χ0v) is 17.0. The van der Waals surface area contributed by atoms with Crippen molar-refractivity contribution in [2.75, 3.05) is 12.4 Å². The molecule has 0 aliphatic heterocycles. The fourth-order valence-electron chi connectivity index (χ4n) is 2.46. The van der Waals surface area contributed by atoms with Gasteiger partial charge >= 0.3 is 0 Å². The third kappa shape index (κ3) is 3.95. The first kappa shape index (κ1) is 19.3. The van der Waals surface area contributed by atoms with Crippen molar-refractivity contribution in [3.05, 3.63) is 51.9 Å². The Hall–Kier alpha value is -2.49. The third-order valence-electron chi connectivity index (χ3n) is 3.70. The van der Waals surface area contributed by atoms with Crippen LogP contribution in [0.25, 0.3) is 10.7 Å². The van der Waals surface area contributed by atoms with Crippen molar-refractivity contribution in [2.24, 2.45) is 0 Å². The lowest BCUT2D eigenvalue weighted by molar-refractivity contribution is 0.102. The largest absolute Gasteiger partial charge is 0.496 e. The molecule has 2 aromatic heterocycles. The number of methoxy groups -OCH3 is 1. The third-order valence-corrected chi connectivity index (χ3v) is 5.31. The molecule has 3 rings (SSSR count). The summed E-state index contributed by atoms with van der Waals surface area (Å²) in [5.41, 5.74) is 1.10. The van der Waals surface area contributed by atoms with Gasteiger partial charge in [0.25, 0.3) is 5.91 Å². The summed E-state index contributed by atoms with van der Waals surface area (Å²) >= 11 is 12.5. The molecule has 140 valence electrons. The van der Waals surface area contributed by atoms with Crippen LogP contribution in [-0.4, -0.2) is 32.8 Å². The summed E-state index contributed by atoms with van der Waals surface area (Å²) in [5.74, 6) is 0.702. The van der Waals surface area contributed by atoms with E-state index in [1.165, 1.54) is 18.4 Å². The second kappa shape index (κ2) is 8.03. The van der Waals surface area contributed by atoms with Crippen molar-refractivity contribution in [1.82, 2.24) is 19.7 Å². The van der Waals surface area contributed by atoms with Crippen LogP contribution in [0.2, 0.25) is 5.02 Å². The van der Waals surface area contributed by atoms with Crippen molar-refractivity contribution in [3.8, 4) is 16.5 Å². The van der Waals surface area contributed by atoms with E-state index in [1.54, 1.807) is 24.3 Å². The number of halogens is 1. The Bertz CT molecular complexity index is 1070. The van der Waals surface area contributed by atoms with E-state index < -0.39 is 0 Å². The van der Waals surface area contributed by atoms with Crippen LogP contribution >= 0.6 is 35.2 Å². The molecule has 0 fully saturated rings. The van der Waals surface area contributed by atoms with E-state index in [0.717, 1.165) is 10.6 Å². The Morgan fingerprint density at radius 2 is 2.33 bits per heavy atom. The molecular formula is C17H16ClN5O2S2. The van der Waals surface area contributed by atoms with E-state index in [9.17, 15) is 4.79 Å². The van der Waals surface area contributed by atoms with Gasteiger partial charge in [0, 0.05) is 11.6 Å². The van der Waals surface area contributed by atoms with E-state index in [4.69, 9.17) is 28.6 Å². The number of aromatic nitrogens is 4. The average Bonchev–Trinajstić information content (AvgIpc) is 3.17. The topological polar surface area (TPSA) is 84.8 Å². The maximum atomic E-state index is 12.6. The van der Waals surface area contributed by atoms with Crippen molar-refractivity contribution in [3.63, 3.8) is 0 Å². The van der Waals surface area contributed by atoms with E-state index in [1.807, 2.05) is 11.5 Å². The smallest absolute Gasteiger partial charge is 0.261 e. The van der Waals surface area contributed by atoms with Gasteiger partial charge in [-0.25, -0.2) is 4.98 Å². The van der Waals surface area contributed by atoms with Gasteiger partial charge in [0.2, 0.25) is 0 Å². The minimum absolute atomic E-state index is 0.339. The summed E-state index contributed by atoms with van der Waals surface area (Å²) < 4.78 is 7.54. The maximum absolute atomic E-state index is 12.6. The van der Waals surface area contributed by atoms with Gasteiger partial charge in [-0.2, -0.15) is 5.10 Å². The van der Waals surface area contributed by atoms with Gasteiger partial charge in [-0.3, -0.25) is 19.8 Å². The molecule has 0 unspecified atom stereocenters. The molecule has 2 heterocycles. The number of hydrogen-bond donors (Lipinski definition) is 2. The molecule has 1 amide bonds. The molecule has 0 saturated heterocycles. The van der Waals surface area contributed by atoms with Crippen LogP contribution in [0, 0.1) is 11.7 Å². The lowest BCUT2D eigenvalue weighted by atomic mass is 10.2. The normalized spacial score (nSPS) is 10.6.